The minimum Gasteiger partial charge on any atom is -0.495 e. The van der Waals surface area contributed by atoms with E-state index in [-0.39, 0.29) is 5.91 Å². The summed E-state index contributed by atoms with van der Waals surface area (Å²) < 4.78 is 5.22. The van der Waals surface area contributed by atoms with Crippen molar-refractivity contribution in [2.45, 2.75) is 13.0 Å². The minimum absolute atomic E-state index is 0.0551. The van der Waals surface area contributed by atoms with Crippen molar-refractivity contribution in [3.63, 3.8) is 0 Å². The second-order valence-corrected chi connectivity index (χ2v) is 6.30. The molecule has 24 heavy (non-hydrogen) atoms. The van der Waals surface area contributed by atoms with E-state index in [1.807, 2.05) is 43.4 Å². The van der Waals surface area contributed by atoms with E-state index >= 15 is 0 Å². The number of methoxy groups -OCH3 is 1. The summed E-state index contributed by atoms with van der Waals surface area (Å²) in [6, 6.07) is 12.9. The van der Waals surface area contributed by atoms with E-state index in [2.05, 4.69) is 10.2 Å². The van der Waals surface area contributed by atoms with Gasteiger partial charge in [0.05, 0.1) is 22.8 Å². The van der Waals surface area contributed by atoms with Crippen LogP contribution in [0, 0.1) is 0 Å². The van der Waals surface area contributed by atoms with Crippen LogP contribution in [0.1, 0.15) is 12.0 Å². The Morgan fingerprint density at radius 1 is 1.17 bits per heavy atom. The first-order chi connectivity index (χ1) is 11.5. The molecule has 1 amide bonds. The summed E-state index contributed by atoms with van der Waals surface area (Å²) in [5.74, 6) is 0.593. The summed E-state index contributed by atoms with van der Waals surface area (Å²) in [5, 5.41) is 3.95. The number of anilines is 1. The van der Waals surface area contributed by atoms with Gasteiger partial charge in [0, 0.05) is 19.5 Å². The number of carbonyl (C=O) groups is 1. The third kappa shape index (κ3) is 5.41. The lowest BCUT2D eigenvalue weighted by molar-refractivity contribution is -0.116. The van der Waals surface area contributed by atoms with Gasteiger partial charge >= 0.3 is 0 Å². The fourth-order valence-electron chi connectivity index (χ4n) is 2.28. The van der Waals surface area contributed by atoms with Crippen LogP contribution in [-0.4, -0.2) is 31.5 Å². The molecule has 0 aliphatic carbocycles. The second-order valence-electron chi connectivity index (χ2n) is 5.48. The van der Waals surface area contributed by atoms with Gasteiger partial charge in [-0.05, 0) is 36.9 Å². The molecular formula is C18H20Cl2N2O2. The Hall–Kier alpha value is -1.75. The molecule has 0 unspecified atom stereocenters. The van der Waals surface area contributed by atoms with Gasteiger partial charge in [-0.3, -0.25) is 4.79 Å². The van der Waals surface area contributed by atoms with Crippen LogP contribution < -0.4 is 10.1 Å². The minimum atomic E-state index is -0.0551. The number of nitrogens with zero attached hydrogens (tertiary/aromatic N) is 1. The lowest BCUT2D eigenvalue weighted by Gasteiger charge is -2.17. The van der Waals surface area contributed by atoms with Crippen molar-refractivity contribution in [1.82, 2.24) is 4.90 Å². The number of para-hydroxylation sites is 2. The van der Waals surface area contributed by atoms with Gasteiger partial charge in [-0.15, -0.1) is 0 Å². The van der Waals surface area contributed by atoms with Gasteiger partial charge in [-0.25, -0.2) is 0 Å². The molecular weight excluding hydrogens is 347 g/mol. The maximum absolute atomic E-state index is 12.1. The van der Waals surface area contributed by atoms with E-state index in [9.17, 15) is 4.79 Å². The van der Waals surface area contributed by atoms with Gasteiger partial charge in [0.25, 0.3) is 0 Å². The Morgan fingerprint density at radius 2 is 1.92 bits per heavy atom. The standard InChI is InChI=1S/C18H20Cl2N2O2/c1-22(12-13-7-8-14(19)15(20)11-13)10-9-18(23)21-16-5-3-4-6-17(16)24-2/h3-8,11H,9-10,12H2,1-2H3,(H,21,23). The predicted octanol–water partition coefficient (Wildman–Crippen LogP) is 4.46. The molecule has 2 aromatic rings. The zero-order valence-electron chi connectivity index (χ0n) is 13.7. The molecule has 6 heteroatoms. The largest absolute Gasteiger partial charge is 0.495 e. The summed E-state index contributed by atoms with van der Waals surface area (Å²) in [6.45, 7) is 1.32. The molecule has 0 saturated heterocycles. The quantitative estimate of drug-likeness (QED) is 0.786. The van der Waals surface area contributed by atoms with E-state index in [0.717, 1.165) is 5.56 Å². The molecule has 0 aliphatic heterocycles. The van der Waals surface area contributed by atoms with Gasteiger partial charge in [-0.2, -0.15) is 0 Å². The topological polar surface area (TPSA) is 41.6 Å². The molecule has 0 fully saturated rings. The third-order valence-corrected chi connectivity index (χ3v) is 4.28. The van der Waals surface area contributed by atoms with Crippen molar-refractivity contribution in [2.75, 3.05) is 26.0 Å². The van der Waals surface area contributed by atoms with E-state index in [1.54, 1.807) is 13.2 Å². The Morgan fingerprint density at radius 3 is 2.62 bits per heavy atom. The van der Waals surface area contributed by atoms with E-state index < -0.39 is 0 Å². The van der Waals surface area contributed by atoms with E-state index in [1.165, 1.54) is 0 Å². The van der Waals surface area contributed by atoms with Crippen LogP contribution in [-0.2, 0) is 11.3 Å². The average molecular weight is 367 g/mol. The molecule has 128 valence electrons. The number of hydrogen-bond acceptors (Lipinski definition) is 3. The zero-order valence-corrected chi connectivity index (χ0v) is 15.2. The van der Waals surface area contributed by atoms with E-state index in [4.69, 9.17) is 27.9 Å². The van der Waals surface area contributed by atoms with Gasteiger partial charge in [0.1, 0.15) is 5.75 Å². The normalized spacial score (nSPS) is 10.7. The van der Waals surface area contributed by atoms with Crippen LogP contribution in [0.4, 0.5) is 5.69 Å². The van der Waals surface area contributed by atoms with E-state index in [0.29, 0.717) is 41.0 Å². The lowest BCUT2D eigenvalue weighted by Crippen LogP contribution is -2.24. The van der Waals surface area contributed by atoms with Crippen LogP contribution in [0.25, 0.3) is 0 Å². The molecule has 0 aliphatic rings. The number of hydrogen-bond donors (Lipinski definition) is 1. The van der Waals surface area contributed by atoms with Crippen molar-refractivity contribution in [1.29, 1.82) is 0 Å². The number of nitrogens with one attached hydrogen (secondary N) is 1. The molecule has 0 spiro atoms. The fraction of sp³-hybridized carbons (Fsp3) is 0.278. The lowest BCUT2D eigenvalue weighted by atomic mass is 10.2. The maximum atomic E-state index is 12.1. The first-order valence-corrected chi connectivity index (χ1v) is 8.30. The van der Waals surface area contributed by atoms with Crippen molar-refractivity contribution in [2.24, 2.45) is 0 Å². The highest BCUT2D eigenvalue weighted by molar-refractivity contribution is 6.42. The number of rotatable bonds is 7. The molecule has 0 aromatic heterocycles. The van der Waals surface area contributed by atoms with Crippen LogP contribution in [0.15, 0.2) is 42.5 Å². The molecule has 0 heterocycles. The van der Waals surface area contributed by atoms with Gasteiger partial charge in [0.15, 0.2) is 0 Å². The number of carbonyl (C=O) groups excluding carboxylic acids is 1. The highest BCUT2D eigenvalue weighted by Crippen LogP contribution is 2.24. The SMILES string of the molecule is COc1ccccc1NC(=O)CCN(C)Cc1ccc(Cl)c(Cl)c1. The van der Waals surface area contributed by atoms with Gasteiger partial charge in [-0.1, -0.05) is 41.4 Å². The van der Waals surface area contributed by atoms with Crippen molar-refractivity contribution in [3.8, 4) is 5.75 Å². The second kappa shape index (κ2) is 8.92. The summed E-state index contributed by atoms with van der Waals surface area (Å²) in [4.78, 5) is 14.2. The van der Waals surface area contributed by atoms with Gasteiger partial charge in [0.2, 0.25) is 5.91 Å². The number of amides is 1. The summed E-state index contributed by atoms with van der Waals surface area (Å²) in [5.41, 5.74) is 1.73. The maximum Gasteiger partial charge on any atom is 0.225 e. The average Bonchev–Trinajstić information content (AvgIpc) is 2.57. The first-order valence-electron chi connectivity index (χ1n) is 7.55. The van der Waals surface area contributed by atoms with Crippen molar-refractivity contribution >= 4 is 34.8 Å². The molecule has 2 rings (SSSR count). The molecule has 0 atom stereocenters. The van der Waals surface area contributed by atoms with Crippen LogP contribution in [0.2, 0.25) is 10.0 Å². The Bertz CT molecular complexity index is 707. The monoisotopic (exact) mass is 366 g/mol. The van der Waals surface area contributed by atoms with Crippen molar-refractivity contribution in [3.05, 3.63) is 58.1 Å². The molecule has 4 nitrogen and oxygen atoms in total. The zero-order chi connectivity index (χ0) is 17.5. The Labute approximate surface area is 152 Å². The fourth-order valence-corrected chi connectivity index (χ4v) is 2.60. The summed E-state index contributed by atoms with van der Waals surface area (Å²) >= 11 is 11.9. The summed E-state index contributed by atoms with van der Waals surface area (Å²) in [6.07, 6.45) is 0.385. The Balaban J connectivity index is 1.83. The van der Waals surface area contributed by atoms with Crippen LogP contribution in [0.3, 0.4) is 0 Å². The highest BCUT2D eigenvalue weighted by atomic mass is 35.5. The molecule has 0 saturated carbocycles. The van der Waals surface area contributed by atoms with Gasteiger partial charge < -0.3 is 15.0 Å². The number of halogens is 2. The molecule has 2 aromatic carbocycles. The highest BCUT2D eigenvalue weighted by Gasteiger charge is 2.09. The molecule has 0 radical (unpaired) electrons. The third-order valence-electron chi connectivity index (χ3n) is 3.54. The summed E-state index contributed by atoms with van der Waals surface area (Å²) in [7, 11) is 3.54. The van der Waals surface area contributed by atoms with Crippen LogP contribution >= 0.6 is 23.2 Å². The number of ether oxygens (including phenoxy) is 1. The number of benzene rings is 2. The van der Waals surface area contributed by atoms with Crippen molar-refractivity contribution < 1.29 is 9.53 Å². The Kier molecular flexibility index (Phi) is 6.91. The first kappa shape index (κ1) is 18.6. The smallest absolute Gasteiger partial charge is 0.225 e. The molecule has 0 bridgehead atoms. The van der Waals surface area contributed by atoms with Crippen LogP contribution in [0.5, 0.6) is 5.75 Å². The predicted molar refractivity (Wildman–Crippen MR) is 99.0 cm³/mol. The molecule has 1 N–H and O–H groups in total.